The largest absolute Gasteiger partial charge is 0.445 e. The number of carbonyl (C=O) groups is 4. The van der Waals surface area contributed by atoms with Gasteiger partial charge in [0.1, 0.15) is 0 Å². The molecular weight excluding hydrogens is 536 g/mol. The van der Waals surface area contributed by atoms with Crippen LogP contribution < -0.4 is 4.90 Å². The number of carbonyl (C=O) groups excluding carboxylic acids is 4. The van der Waals surface area contributed by atoms with E-state index < -0.39 is 34.6 Å². The number of non-ortho nitro benzene ring substituents is 1. The number of hydrogen-bond donors (Lipinski definition) is 0. The summed E-state index contributed by atoms with van der Waals surface area (Å²) in [5, 5.41) is 11.5. The van der Waals surface area contributed by atoms with Crippen LogP contribution >= 0.6 is 11.6 Å². The first kappa shape index (κ1) is 26.5. The molecule has 4 aromatic rings. The lowest BCUT2D eigenvalue weighted by atomic mass is 9.99. The molecule has 2 amide bonds. The number of anilines is 1. The van der Waals surface area contributed by atoms with Crippen LogP contribution in [0.1, 0.15) is 58.7 Å². The molecule has 0 saturated carbocycles. The smallest absolute Gasteiger partial charge is 0.339 e. The Labute approximate surface area is 232 Å². The van der Waals surface area contributed by atoms with E-state index in [0.717, 1.165) is 4.90 Å². The third-order valence-corrected chi connectivity index (χ3v) is 6.70. The van der Waals surface area contributed by atoms with E-state index in [2.05, 4.69) is 0 Å². The first-order chi connectivity index (χ1) is 19.2. The highest BCUT2D eigenvalue weighted by atomic mass is 35.5. The predicted octanol–water partition coefficient (Wildman–Crippen LogP) is 6.14. The number of hydrogen-bond acceptors (Lipinski definition) is 7. The van der Waals surface area contributed by atoms with Gasteiger partial charge in [-0.05, 0) is 48.9 Å². The Morgan fingerprint density at radius 1 is 0.850 bits per heavy atom. The number of halogens is 1. The normalized spacial score (nSPS) is 13.1. The molecule has 198 valence electrons. The second-order valence-electron chi connectivity index (χ2n) is 9.00. The first-order valence-electron chi connectivity index (χ1n) is 12.0. The molecule has 10 heteroatoms. The summed E-state index contributed by atoms with van der Waals surface area (Å²) in [6.07, 6.45) is -1.29. The maximum Gasteiger partial charge on any atom is 0.339 e. The number of benzene rings is 4. The number of nitro benzene ring substituents is 1. The van der Waals surface area contributed by atoms with Crippen molar-refractivity contribution in [3.8, 4) is 0 Å². The van der Waals surface area contributed by atoms with E-state index in [1.165, 1.54) is 36.4 Å². The molecule has 0 aromatic heterocycles. The van der Waals surface area contributed by atoms with Crippen LogP contribution in [0.15, 0.2) is 91.0 Å². The van der Waals surface area contributed by atoms with E-state index >= 15 is 0 Å². The SMILES string of the molecule is Cc1cc([N+](=O)[O-])ccc1N1C(=O)c2ccc(C(=O)O[C@H](C(=O)c3ccccc3)c3ccc(Cl)cc3)cc2C1=O. The molecule has 0 spiro atoms. The molecule has 1 aliphatic rings. The van der Waals surface area contributed by atoms with E-state index in [-0.39, 0.29) is 28.1 Å². The van der Waals surface area contributed by atoms with E-state index in [1.807, 2.05) is 0 Å². The van der Waals surface area contributed by atoms with Crippen molar-refractivity contribution >= 4 is 46.5 Å². The minimum Gasteiger partial charge on any atom is -0.445 e. The minimum atomic E-state index is -1.29. The maximum absolute atomic E-state index is 13.3. The Kier molecular flexibility index (Phi) is 6.98. The van der Waals surface area contributed by atoms with Crippen molar-refractivity contribution in [3.63, 3.8) is 0 Å². The number of Topliss-reactive ketones (excluding diaryl/α,β-unsaturated/α-hetero) is 1. The fourth-order valence-electron chi connectivity index (χ4n) is 4.43. The van der Waals surface area contributed by atoms with E-state index in [4.69, 9.17) is 16.3 Å². The molecule has 1 heterocycles. The summed E-state index contributed by atoms with van der Waals surface area (Å²) in [5.41, 5.74) is 1.09. The van der Waals surface area contributed by atoms with Crippen molar-refractivity contribution in [1.29, 1.82) is 0 Å². The zero-order chi connectivity index (χ0) is 28.6. The molecule has 0 fully saturated rings. The summed E-state index contributed by atoms with van der Waals surface area (Å²) < 4.78 is 5.66. The van der Waals surface area contributed by atoms with Crippen molar-refractivity contribution in [2.75, 3.05) is 4.90 Å². The van der Waals surface area contributed by atoms with Crippen LogP contribution in [0.2, 0.25) is 5.02 Å². The number of rotatable bonds is 7. The van der Waals surface area contributed by atoms with Gasteiger partial charge in [0.05, 0.1) is 27.3 Å². The summed E-state index contributed by atoms with van der Waals surface area (Å²) in [6, 6.07) is 22.4. The Morgan fingerprint density at radius 2 is 1.52 bits per heavy atom. The van der Waals surface area contributed by atoms with Gasteiger partial charge in [-0.3, -0.25) is 24.5 Å². The summed E-state index contributed by atoms with van der Waals surface area (Å²) in [4.78, 5) is 64.4. The molecule has 40 heavy (non-hydrogen) atoms. The topological polar surface area (TPSA) is 124 Å². The third-order valence-electron chi connectivity index (χ3n) is 6.45. The van der Waals surface area contributed by atoms with Crippen LogP contribution in [0.5, 0.6) is 0 Å². The lowest BCUT2D eigenvalue weighted by Gasteiger charge is -2.18. The monoisotopic (exact) mass is 554 g/mol. The fourth-order valence-corrected chi connectivity index (χ4v) is 4.56. The first-order valence-corrected chi connectivity index (χ1v) is 12.4. The van der Waals surface area contributed by atoms with Gasteiger partial charge in [0.15, 0.2) is 6.10 Å². The quantitative estimate of drug-likeness (QED) is 0.0883. The molecule has 0 unspecified atom stereocenters. The molecule has 9 nitrogen and oxygen atoms in total. The second kappa shape index (κ2) is 10.5. The average Bonchev–Trinajstić information content (AvgIpc) is 3.21. The van der Waals surface area contributed by atoms with Crippen LogP contribution in [-0.2, 0) is 4.74 Å². The molecule has 0 bridgehead atoms. The Morgan fingerprint density at radius 3 is 2.17 bits per heavy atom. The van der Waals surface area contributed by atoms with E-state index in [0.29, 0.717) is 21.7 Å². The van der Waals surface area contributed by atoms with Crippen LogP contribution in [0.4, 0.5) is 11.4 Å². The average molecular weight is 555 g/mol. The zero-order valence-corrected chi connectivity index (χ0v) is 21.6. The van der Waals surface area contributed by atoms with E-state index in [9.17, 15) is 29.3 Å². The molecule has 1 atom stereocenters. The molecular formula is C30H19ClN2O7. The second-order valence-corrected chi connectivity index (χ2v) is 9.44. The van der Waals surface area contributed by atoms with Crippen LogP contribution in [0.25, 0.3) is 0 Å². The molecule has 4 aromatic carbocycles. The van der Waals surface area contributed by atoms with Crippen LogP contribution in [0, 0.1) is 17.0 Å². The molecule has 5 rings (SSSR count). The molecule has 0 saturated heterocycles. The predicted molar refractivity (Wildman–Crippen MR) is 146 cm³/mol. The molecule has 0 radical (unpaired) electrons. The summed E-state index contributed by atoms with van der Waals surface area (Å²) in [7, 11) is 0. The van der Waals surface area contributed by atoms with Crippen molar-refractivity contribution in [3.05, 3.63) is 140 Å². The Balaban J connectivity index is 1.45. The van der Waals surface area contributed by atoms with Gasteiger partial charge >= 0.3 is 5.97 Å². The number of ether oxygens (including phenoxy) is 1. The zero-order valence-electron chi connectivity index (χ0n) is 20.9. The van der Waals surface area contributed by atoms with Gasteiger partial charge in [-0.25, -0.2) is 9.69 Å². The number of esters is 1. The van der Waals surface area contributed by atoms with Crippen molar-refractivity contribution < 1.29 is 28.8 Å². The number of aryl methyl sites for hydroxylation is 1. The van der Waals surface area contributed by atoms with Gasteiger partial charge in [-0.2, -0.15) is 0 Å². The Bertz CT molecular complexity index is 1700. The van der Waals surface area contributed by atoms with Gasteiger partial charge in [0.2, 0.25) is 5.78 Å². The number of imide groups is 1. The highest BCUT2D eigenvalue weighted by Crippen LogP contribution is 2.33. The number of ketones is 1. The standard InChI is InChI=1S/C30H19ClN2O7/c1-17-15-22(33(38)39)12-14-25(17)32-28(35)23-13-9-20(16-24(23)29(32)36)30(37)40-27(19-7-10-21(31)11-8-19)26(34)18-5-3-2-4-6-18/h2-16,27H,1H3/t27-/m0/s1. The van der Waals surface area contributed by atoms with Gasteiger partial charge in [-0.1, -0.05) is 54.1 Å². The molecule has 1 aliphatic heterocycles. The third kappa shape index (κ3) is 4.85. The van der Waals surface area contributed by atoms with Gasteiger partial charge in [-0.15, -0.1) is 0 Å². The van der Waals surface area contributed by atoms with Gasteiger partial charge < -0.3 is 4.74 Å². The van der Waals surface area contributed by atoms with E-state index in [1.54, 1.807) is 61.5 Å². The Hall–Kier alpha value is -5.15. The highest BCUT2D eigenvalue weighted by molar-refractivity contribution is 6.35. The lowest BCUT2D eigenvalue weighted by Crippen LogP contribution is -2.30. The molecule has 0 aliphatic carbocycles. The van der Waals surface area contributed by atoms with Gasteiger partial charge in [0, 0.05) is 28.3 Å². The molecule has 0 N–H and O–H groups in total. The summed E-state index contributed by atoms with van der Waals surface area (Å²) in [5.74, 6) is -2.66. The van der Waals surface area contributed by atoms with Crippen LogP contribution in [0.3, 0.4) is 0 Å². The fraction of sp³-hybridized carbons (Fsp3) is 0.0667. The summed E-state index contributed by atoms with van der Waals surface area (Å²) >= 11 is 6.00. The number of fused-ring (bicyclic) bond motifs is 1. The van der Waals surface area contributed by atoms with Crippen molar-refractivity contribution in [1.82, 2.24) is 0 Å². The number of amides is 2. The number of nitrogens with zero attached hydrogens (tertiary/aromatic N) is 2. The summed E-state index contributed by atoms with van der Waals surface area (Å²) in [6.45, 7) is 1.55. The highest BCUT2D eigenvalue weighted by Gasteiger charge is 2.38. The maximum atomic E-state index is 13.3. The van der Waals surface area contributed by atoms with Crippen LogP contribution in [-0.4, -0.2) is 28.5 Å². The van der Waals surface area contributed by atoms with Gasteiger partial charge in [0.25, 0.3) is 17.5 Å². The lowest BCUT2D eigenvalue weighted by molar-refractivity contribution is -0.384. The van der Waals surface area contributed by atoms with Crippen molar-refractivity contribution in [2.24, 2.45) is 0 Å². The minimum absolute atomic E-state index is 0.0327. The van der Waals surface area contributed by atoms with Crippen molar-refractivity contribution in [2.45, 2.75) is 13.0 Å². The number of nitro groups is 1.